The summed E-state index contributed by atoms with van der Waals surface area (Å²) in [5.74, 6) is -3.33. The molecule has 0 unspecified atom stereocenters. The lowest BCUT2D eigenvalue weighted by Gasteiger charge is -2.28. The van der Waals surface area contributed by atoms with E-state index in [-0.39, 0.29) is 35.1 Å². The Morgan fingerprint density at radius 3 is 2.78 bits per heavy atom. The van der Waals surface area contributed by atoms with Crippen molar-refractivity contribution in [2.45, 2.75) is 18.7 Å². The summed E-state index contributed by atoms with van der Waals surface area (Å²) >= 11 is 1.08. The van der Waals surface area contributed by atoms with Crippen molar-refractivity contribution >= 4 is 41.1 Å². The van der Waals surface area contributed by atoms with Crippen LogP contribution in [0.4, 0.5) is 5.13 Å². The number of nitrogen functional groups attached to an aromatic ring is 1. The van der Waals surface area contributed by atoms with Gasteiger partial charge in [0, 0.05) is 17.6 Å². The number of aromatic carboxylic acids is 1. The fraction of sp³-hybridized carbons (Fsp3) is 0.200. The van der Waals surface area contributed by atoms with Crippen LogP contribution >= 0.6 is 11.3 Å². The van der Waals surface area contributed by atoms with E-state index in [0.717, 1.165) is 11.3 Å². The van der Waals surface area contributed by atoms with Crippen LogP contribution in [0.1, 0.15) is 28.0 Å². The van der Waals surface area contributed by atoms with Crippen LogP contribution in [0.25, 0.3) is 0 Å². The second kappa shape index (κ2) is 7.25. The monoisotopic (exact) mass is 391 g/mol. The topological polar surface area (TPSA) is 176 Å². The summed E-state index contributed by atoms with van der Waals surface area (Å²) in [6.45, 7) is 0. The predicted molar refractivity (Wildman–Crippen MR) is 95.6 cm³/mol. The summed E-state index contributed by atoms with van der Waals surface area (Å²) in [6.07, 6.45) is -0.110. The van der Waals surface area contributed by atoms with Gasteiger partial charge in [0.2, 0.25) is 0 Å². The van der Waals surface area contributed by atoms with E-state index in [1.165, 1.54) is 17.5 Å². The van der Waals surface area contributed by atoms with Gasteiger partial charge in [-0.1, -0.05) is 11.2 Å². The number of benzene rings is 1. The third-order valence-electron chi connectivity index (χ3n) is 4.13. The molecule has 6 N–H and O–H groups in total. The minimum absolute atomic E-state index is 0.120. The summed E-state index contributed by atoms with van der Waals surface area (Å²) in [4.78, 5) is 27.7. The molecule has 0 bridgehead atoms. The van der Waals surface area contributed by atoms with E-state index in [2.05, 4.69) is 10.1 Å². The van der Waals surface area contributed by atoms with Gasteiger partial charge in [0.25, 0.3) is 0 Å². The molecular weight excluding hydrogens is 377 g/mol. The summed E-state index contributed by atoms with van der Waals surface area (Å²) in [6, 6.07) is 2.67. The molecule has 0 saturated heterocycles. The second-order valence-electron chi connectivity index (χ2n) is 5.87. The van der Waals surface area contributed by atoms with Crippen LogP contribution < -0.4 is 10.4 Å². The Morgan fingerprint density at radius 2 is 2.19 bits per heavy atom. The van der Waals surface area contributed by atoms with Gasteiger partial charge < -0.3 is 30.8 Å². The number of Topliss-reactive ketones (excluding diaryl/α,β-unsaturated/α-hetero) is 1. The number of hydrogen-bond acceptors (Lipinski definition) is 10. The predicted octanol–water partition coefficient (Wildman–Crippen LogP) is 0.752. The molecule has 10 nitrogen and oxygen atoms in total. The minimum atomic E-state index is -1.48. The minimum Gasteiger partial charge on any atom is -0.535 e. The maximum atomic E-state index is 12.5. The Balaban J connectivity index is 1.83. The van der Waals surface area contributed by atoms with Crippen LogP contribution in [0.5, 0.6) is 11.5 Å². The van der Waals surface area contributed by atoms with Crippen LogP contribution in [0, 0.1) is 0 Å². The second-order valence-corrected chi connectivity index (χ2v) is 6.76. The maximum absolute atomic E-state index is 12.5. The zero-order valence-corrected chi connectivity index (χ0v) is 14.5. The number of carbonyl (C=O) groups is 2. The van der Waals surface area contributed by atoms with Gasteiger partial charge in [-0.15, -0.1) is 11.3 Å². The fourth-order valence-electron chi connectivity index (χ4n) is 2.87. The van der Waals surface area contributed by atoms with Gasteiger partial charge in [0.15, 0.2) is 16.6 Å². The molecule has 0 amide bonds. The van der Waals surface area contributed by atoms with Crippen molar-refractivity contribution in [3.8, 4) is 11.5 Å². The average molecular weight is 391 g/mol. The molecule has 0 aliphatic carbocycles. The van der Waals surface area contributed by atoms with Crippen LogP contribution in [0.15, 0.2) is 22.7 Å². The highest BCUT2D eigenvalue weighted by Gasteiger charge is 2.39. The van der Waals surface area contributed by atoms with Gasteiger partial charge in [-0.2, -0.15) is 0 Å². The van der Waals surface area contributed by atoms with Crippen molar-refractivity contribution in [2.75, 3.05) is 5.73 Å². The number of nitrogens with two attached hydrogens (primary N) is 1. The molecule has 0 fully saturated rings. The number of aromatic nitrogens is 1. The van der Waals surface area contributed by atoms with Gasteiger partial charge >= 0.3 is 13.1 Å². The molecule has 27 heavy (non-hydrogen) atoms. The van der Waals surface area contributed by atoms with E-state index >= 15 is 0 Å². The van der Waals surface area contributed by atoms with E-state index < -0.39 is 36.0 Å². The van der Waals surface area contributed by atoms with E-state index in [4.69, 9.17) is 15.6 Å². The first-order valence-electron chi connectivity index (χ1n) is 7.71. The zero-order valence-electron chi connectivity index (χ0n) is 13.7. The van der Waals surface area contributed by atoms with Gasteiger partial charge in [-0.25, -0.2) is 9.78 Å². The number of ketones is 1. The third-order valence-corrected chi connectivity index (χ3v) is 4.81. The first kappa shape index (κ1) is 18.7. The Bertz CT molecular complexity index is 945. The number of rotatable bonds is 5. The standard InChI is InChI=1S/C15H14BN3O7S/c17-15-18-8(5-27-15)12(19-25)10(21)4-7-3-6-1-2-9(20)11(14(22)23)13(6)26-16(7)24/h1-2,5,7,20,24-25H,3-4H2,(H2,17,18)(H,22,23)/b19-12-/t7-/m1/s1. The molecule has 0 spiro atoms. The number of nitrogens with zero attached hydrogens (tertiary/aromatic N) is 2. The lowest BCUT2D eigenvalue weighted by Crippen LogP contribution is -2.36. The lowest BCUT2D eigenvalue weighted by molar-refractivity contribution is -0.113. The SMILES string of the molecule is Nc1nc(/C(=N/O)C(=O)C[C@H]2Cc3ccc(O)c(C(=O)O)c3OB2O)cs1. The molecule has 2 heterocycles. The van der Waals surface area contributed by atoms with Crippen molar-refractivity contribution in [2.24, 2.45) is 5.16 Å². The zero-order chi connectivity index (χ0) is 19.7. The summed E-state index contributed by atoms with van der Waals surface area (Å²) in [7, 11) is -1.48. The van der Waals surface area contributed by atoms with Gasteiger partial charge in [-0.3, -0.25) is 4.79 Å². The molecule has 1 aromatic carbocycles. The highest BCUT2D eigenvalue weighted by atomic mass is 32.1. The summed E-state index contributed by atoms with van der Waals surface area (Å²) < 4.78 is 5.27. The number of hydrogen-bond donors (Lipinski definition) is 5. The van der Waals surface area contributed by atoms with Crippen molar-refractivity contribution in [3.63, 3.8) is 0 Å². The van der Waals surface area contributed by atoms with Crippen molar-refractivity contribution in [1.82, 2.24) is 4.98 Å². The molecule has 1 aliphatic rings. The average Bonchev–Trinajstić information content (AvgIpc) is 3.02. The maximum Gasteiger partial charge on any atom is 0.526 e. The molecule has 140 valence electrons. The fourth-order valence-corrected chi connectivity index (χ4v) is 3.42. The van der Waals surface area contributed by atoms with Gasteiger partial charge in [0.1, 0.15) is 22.8 Å². The first-order chi connectivity index (χ1) is 12.8. The number of carbonyl (C=O) groups excluding carboxylic acids is 1. The number of aromatic hydroxyl groups is 1. The number of carboxylic acid groups (broad SMARTS) is 1. The third kappa shape index (κ3) is 3.57. The van der Waals surface area contributed by atoms with Crippen molar-refractivity contribution in [1.29, 1.82) is 0 Å². The molecule has 1 aromatic heterocycles. The van der Waals surface area contributed by atoms with Crippen molar-refractivity contribution < 1.29 is 34.7 Å². The lowest BCUT2D eigenvalue weighted by atomic mass is 9.64. The molecule has 0 radical (unpaired) electrons. The summed E-state index contributed by atoms with van der Waals surface area (Å²) in [5.41, 5.74) is 5.31. The molecule has 1 aliphatic heterocycles. The molecule has 12 heteroatoms. The Morgan fingerprint density at radius 1 is 1.44 bits per heavy atom. The van der Waals surface area contributed by atoms with Crippen LogP contribution in [0.3, 0.4) is 0 Å². The number of anilines is 1. The van der Waals surface area contributed by atoms with Crippen molar-refractivity contribution in [3.05, 3.63) is 34.3 Å². The van der Waals surface area contributed by atoms with E-state index in [0.29, 0.717) is 5.56 Å². The van der Waals surface area contributed by atoms with Gasteiger partial charge in [-0.05, 0) is 18.1 Å². The van der Waals surface area contributed by atoms with E-state index in [9.17, 15) is 24.8 Å². The molecule has 1 atom stereocenters. The highest BCUT2D eigenvalue weighted by molar-refractivity contribution is 7.13. The van der Waals surface area contributed by atoms with Crippen LogP contribution in [-0.4, -0.2) is 50.0 Å². The Hall–Kier alpha value is -3.12. The smallest absolute Gasteiger partial charge is 0.526 e. The van der Waals surface area contributed by atoms with Crippen LogP contribution in [0.2, 0.25) is 5.82 Å². The first-order valence-corrected chi connectivity index (χ1v) is 8.59. The number of fused-ring (bicyclic) bond motifs is 1. The number of oxime groups is 1. The highest BCUT2D eigenvalue weighted by Crippen LogP contribution is 2.39. The molecular formula is C15H14BN3O7S. The number of thiazole rings is 1. The largest absolute Gasteiger partial charge is 0.535 e. The molecule has 0 saturated carbocycles. The van der Waals surface area contributed by atoms with Crippen LogP contribution in [-0.2, 0) is 11.2 Å². The summed E-state index contributed by atoms with van der Waals surface area (Å²) in [5, 5.41) is 42.9. The van der Waals surface area contributed by atoms with E-state index in [1.807, 2.05) is 0 Å². The number of carboxylic acids is 1. The quantitative estimate of drug-likeness (QED) is 0.213. The molecule has 3 rings (SSSR count). The Kier molecular flexibility index (Phi) is 5.01. The molecule has 2 aromatic rings. The number of phenols is 1. The Labute approximate surface area is 156 Å². The van der Waals surface area contributed by atoms with Gasteiger partial charge in [0.05, 0.1) is 0 Å². The van der Waals surface area contributed by atoms with E-state index in [1.54, 1.807) is 0 Å². The normalized spacial score (nSPS) is 16.6.